The van der Waals surface area contributed by atoms with E-state index < -0.39 is 29.6 Å². The van der Waals surface area contributed by atoms with Crippen LogP contribution in [0.1, 0.15) is 0 Å². The molecule has 0 aliphatic carbocycles. The highest BCUT2D eigenvalue weighted by Crippen LogP contribution is 2.48. The third kappa shape index (κ3) is 1.64. The van der Waals surface area contributed by atoms with Crippen LogP contribution in [0.3, 0.4) is 0 Å². The molecule has 104 valence electrons. The van der Waals surface area contributed by atoms with Crippen molar-refractivity contribution in [1.29, 1.82) is 0 Å². The molecule has 1 aliphatic heterocycles. The maximum absolute atomic E-state index is 6.79. The van der Waals surface area contributed by atoms with E-state index in [2.05, 4.69) is 77.7 Å². The van der Waals surface area contributed by atoms with E-state index >= 15 is 0 Å². The summed E-state index contributed by atoms with van der Waals surface area (Å²) >= 11 is 0. The van der Waals surface area contributed by atoms with E-state index in [1.54, 1.807) is 0 Å². The van der Waals surface area contributed by atoms with Crippen LogP contribution in [0.15, 0.2) is 25.3 Å². The molecule has 5 heteroatoms. The summed E-state index contributed by atoms with van der Waals surface area (Å²) in [5.41, 5.74) is 0. The van der Waals surface area contributed by atoms with Gasteiger partial charge >= 0.3 is 0 Å². The standard InChI is InChI=1S/C13H30OSi4/c1-11-13(12-2)14-16(5,6)18(9,10)17(7,8)15(13,3)4/h11-12H,1-2H2,3-10H3. The Morgan fingerprint density at radius 1 is 0.778 bits per heavy atom. The third-order valence-corrected chi connectivity index (χ3v) is 73.2. The zero-order valence-corrected chi connectivity index (χ0v) is 17.5. The highest BCUT2D eigenvalue weighted by Gasteiger charge is 2.70. The highest BCUT2D eigenvalue weighted by molar-refractivity contribution is 7.83. The first-order valence-corrected chi connectivity index (χ1v) is 21.7. The predicted molar refractivity (Wildman–Crippen MR) is 94.1 cm³/mol. The Morgan fingerprint density at radius 3 is 1.50 bits per heavy atom. The summed E-state index contributed by atoms with van der Waals surface area (Å²) in [6.45, 7) is 28.5. The van der Waals surface area contributed by atoms with Gasteiger partial charge in [0.1, 0.15) is 0 Å². The van der Waals surface area contributed by atoms with Gasteiger partial charge in [-0.25, -0.2) is 0 Å². The van der Waals surface area contributed by atoms with Crippen molar-refractivity contribution in [3.8, 4) is 0 Å². The van der Waals surface area contributed by atoms with E-state index in [1.807, 2.05) is 0 Å². The molecule has 0 atom stereocenters. The minimum Gasteiger partial charge on any atom is -0.411 e. The summed E-state index contributed by atoms with van der Waals surface area (Å²) in [7, 11) is -5.74. The minimum absolute atomic E-state index is 0.193. The summed E-state index contributed by atoms with van der Waals surface area (Å²) in [5, 5.41) is -0.193. The molecule has 1 aliphatic rings. The van der Waals surface area contributed by atoms with Gasteiger partial charge < -0.3 is 4.43 Å². The largest absolute Gasteiger partial charge is 0.411 e. The lowest BCUT2D eigenvalue weighted by Crippen LogP contribution is -2.90. The molecule has 0 amide bonds. The van der Waals surface area contributed by atoms with Crippen molar-refractivity contribution in [2.24, 2.45) is 0 Å². The zero-order chi connectivity index (χ0) is 14.6. The maximum Gasteiger partial charge on any atom is 0.172 e. The van der Waals surface area contributed by atoms with Crippen LogP contribution in [-0.2, 0) is 4.43 Å². The Hall–Kier alpha value is 0.308. The monoisotopic (exact) mass is 314 g/mol. The van der Waals surface area contributed by atoms with Crippen molar-refractivity contribution in [3.63, 3.8) is 0 Å². The van der Waals surface area contributed by atoms with Gasteiger partial charge in [0.05, 0.1) is 19.9 Å². The fraction of sp³-hybridized carbons (Fsp3) is 0.692. The second-order valence-corrected chi connectivity index (χ2v) is 46.8. The molecule has 1 heterocycles. The van der Waals surface area contributed by atoms with Crippen molar-refractivity contribution in [3.05, 3.63) is 25.3 Å². The molecule has 0 aromatic heterocycles. The van der Waals surface area contributed by atoms with Crippen LogP contribution in [0.25, 0.3) is 0 Å². The Balaban J connectivity index is 3.60. The Labute approximate surface area is 117 Å². The SMILES string of the molecule is C=CC1(C=C)O[Si](C)(C)[Si](C)(C)[Si](C)(C)[Si]1(C)C. The summed E-state index contributed by atoms with van der Waals surface area (Å²) in [5.74, 6) is 0. The molecule has 0 unspecified atom stereocenters. The molecule has 1 rings (SSSR count). The van der Waals surface area contributed by atoms with Crippen molar-refractivity contribution in [2.75, 3.05) is 0 Å². The first kappa shape index (κ1) is 16.4. The molecule has 0 saturated carbocycles. The van der Waals surface area contributed by atoms with Crippen LogP contribution in [0, 0.1) is 0 Å². The Morgan fingerprint density at radius 2 is 1.17 bits per heavy atom. The lowest BCUT2D eigenvalue weighted by Gasteiger charge is -2.66. The average molecular weight is 315 g/mol. The Kier molecular flexibility index (Phi) is 3.77. The summed E-state index contributed by atoms with van der Waals surface area (Å²) in [6, 6.07) is 0. The van der Waals surface area contributed by atoms with Crippen LogP contribution in [0.4, 0.5) is 0 Å². The summed E-state index contributed by atoms with van der Waals surface area (Å²) in [4.78, 5) is 0. The predicted octanol–water partition coefficient (Wildman–Crippen LogP) is 4.23. The van der Waals surface area contributed by atoms with E-state index in [0.29, 0.717) is 0 Å². The fourth-order valence-corrected chi connectivity index (χ4v) is 72.7. The summed E-state index contributed by atoms with van der Waals surface area (Å²) in [6.07, 6.45) is 4.14. The van der Waals surface area contributed by atoms with Gasteiger partial charge in [0.25, 0.3) is 0 Å². The molecule has 0 aromatic rings. The zero-order valence-electron chi connectivity index (χ0n) is 13.5. The second kappa shape index (κ2) is 4.15. The van der Waals surface area contributed by atoms with Crippen LogP contribution >= 0.6 is 0 Å². The van der Waals surface area contributed by atoms with Gasteiger partial charge in [-0.05, 0) is 13.1 Å². The number of rotatable bonds is 2. The Bertz CT molecular complexity index is 374. The molecule has 18 heavy (non-hydrogen) atoms. The molecular weight excluding hydrogens is 284 g/mol. The van der Waals surface area contributed by atoms with Gasteiger partial charge in [-0.3, -0.25) is 0 Å². The van der Waals surface area contributed by atoms with E-state index in [0.717, 1.165) is 0 Å². The highest BCUT2D eigenvalue weighted by atomic mass is 29.8. The molecule has 0 spiro atoms. The number of hydrogen-bond acceptors (Lipinski definition) is 1. The maximum atomic E-state index is 6.79. The van der Waals surface area contributed by atoms with Gasteiger partial charge in [-0.1, -0.05) is 51.4 Å². The van der Waals surface area contributed by atoms with Crippen molar-refractivity contribution < 1.29 is 4.43 Å². The van der Waals surface area contributed by atoms with E-state index in [9.17, 15) is 0 Å². The quantitative estimate of drug-likeness (QED) is 0.547. The summed E-state index contributed by atoms with van der Waals surface area (Å²) < 4.78 is 6.79. The van der Waals surface area contributed by atoms with Crippen LogP contribution < -0.4 is 0 Å². The van der Waals surface area contributed by atoms with Crippen molar-refractivity contribution in [2.45, 2.75) is 57.6 Å². The normalized spacial score (nSPS) is 30.4. The van der Waals surface area contributed by atoms with Crippen molar-refractivity contribution in [1.82, 2.24) is 0 Å². The molecule has 1 saturated heterocycles. The lowest BCUT2D eigenvalue weighted by molar-refractivity contribution is 0.243. The van der Waals surface area contributed by atoms with Crippen LogP contribution in [-0.4, -0.2) is 34.9 Å². The molecular formula is C13H30OSi4. The molecule has 0 bridgehead atoms. The number of hydrogen-bond donors (Lipinski definition) is 0. The smallest absolute Gasteiger partial charge is 0.172 e. The van der Waals surface area contributed by atoms with E-state index in [4.69, 9.17) is 4.43 Å². The fourth-order valence-electron chi connectivity index (χ4n) is 3.38. The van der Waals surface area contributed by atoms with Crippen molar-refractivity contribution >= 4 is 29.6 Å². The van der Waals surface area contributed by atoms with Gasteiger partial charge in [0, 0.05) is 7.11 Å². The third-order valence-electron chi connectivity index (χ3n) is 6.64. The molecule has 0 N–H and O–H groups in total. The topological polar surface area (TPSA) is 9.23 Å². The average Bonchev–Trinajstić information content (AvgIpc) is 2.23. The molecule has 0 aromatic carbocycles. The lowest BCUT2D eigenvalue weighted by atomic mass is 10.3. The van der Waals surface area contributed by atoms with E-state index in [-0.39, 0.29) is 5.22 Å². The molecule has 1 fully saturated rings. The van der Waals surface area contributed by atoms with Crippen LogP contribution in [0.2, 0.25) is 52.4 Å². The van der Waals surface area contributed by atoms with E-state index in [1.165, 1.54) is 0 Å². The minimum atomic E-state index is -1.63. The van der Waals surface area contributed by atoms with Crippen LogP contribution in [0.5, 0.6) is 0 Å². The van der Waals surface area contributed by atoms with Gasteiger partial charge in [0.2, 0.25) is 0 Å². The first-order chi connectivity index (χ1) is 7.83. The van der Waals surface area contributed by atoms with Gasteiger partial charge in [-0.2, -0.15) is 0 Å². The first-order valence-electron chi connectivity index (χ1n) is 6.80. The van der Waals surface area contributed by atoms with Gasteiger partial charge in [-0.15, -0.1) is 13.2 Å². The molecule has 1 nitrogen and oxygen atoms in total. The second-order valence-electron chi connectivity index (χ2n) is 7.69. The van der Waals surface area contributed by atoms with Gasteiger partial charge in [0.15, 0.2) is 7.83 Å². The molecule has 0 radical (unpaired) electrons.